The molecular weight excluding hydrogens is 140 g/mol. The second-order valence-electron chi connectivity index (χ2n) is 3.10. The number of nitrogens with one attached hydrogen (secondary N) is 2. The van der Waals surface area contributed by atoms with E-state index in [1.165, 1.54) is 18.4 Å². The summed E-state index contributed by atoms with van der Waals surface area (Å²) in [7, 11) is 0. The van der Waals surface area contributed by atoms with Crippen LogP contribution in [0.4, 0.5) is 0 Å². The van der Waals surface area contributed by atoms with Crippen LogP contribution in [0, 0.1) is 0 Å². The Morgan fingerprint density at radius 2 is 2.00 bits per heavy atom. The minimum Gasteiger partial charge on any atom is -0.287 e. The van der Waals surface area contributed by atoms with Crippen molar-refractivity contribution < 1.29 is 4.79 Å². The molecule has 1 aliphatic heterocycles. The van der Waals surface area contributed by atoms with Crippen LogP contribution in [0.5, 0.6) is 0 Å². The largest absolute Gasteiger partial charge is 0.287 e. The standard InChI is InChI=1S/C8H12N2O/c11-8-7-4-2-1-3-6(7)5-9-10-8/h9H,1-5H2,(H,10,11). The Balaban J connectivity index is 2.27. The van der Waals surface area contributed by atoms with Gasteiger partial charge in [0.25, 0.3) is 5.91 Å². The lowest BCUT2D eigenvalue weighted by molar-refractivity contribution is -0.119. The molecule has 0 atom stereocenters. The van der Waals surface area contributed by atoms with Crippen LogP contribution >= 0.6 is 0 Å². The number of carbonyl (C=O) groups is 1. The van der Waals surface area contributed by atoms with Crippen LogP contribution in [0.25, 0.3) is 0 Å². The SMILES string of the molecule is O=C1NNCC2=C1CCCC2. The van der Waals surface area contributed by atoms with Crippen LogP contribution in [-0.2, 0) is 4.79 Å². The summed E-state index contributed by atoms with van der Waals surface area (Å²) in [6.45, 7) is 0.848. The van der Waals surface area contributed by atoms with Crippen LogP contribution in [-0.4, -0.2) is 12.5 Å². The zero-order chi connectivity index (χ0) is 7.68. The van der Waals surface area contributed by atoms with E-state index in [4.69, 9.17) is 0 Å². The maximum atomic E-state index is 11.2. The van der Waals surface area contributed by atoms with E-state index in [-0.39, 0.29) is 5.91 Å². The predicted octanol–water partition coefficient (Wildman–Crippen LogP) is 0.491. The molecule has 2 N–H and O–H groups in total. The molecule has 0 saturated heterocycles. The summed E-state index contributed by atoms with van der Waals surface area (Å²) in [5.74, 6) is 0.0888. The Labute approximate surface area is 65.8 Å². The van der Waals surface area contributed by atoms with Gasteiger partial charge in [0.1, 0.15) is 0 Å². The van der Waals surface area contributed by atoms with Gasteiger partial charge in [-0.3, -0.25) is 10.2 Å². The minimum absolute atomic E-state index is 0.0888. The van der Waals surface area contributed by atoms with Crippen molar-refractivity contribution in [1.29, 1.82) is 0 Å². The van der Waals surface area contributed by atoms with Crippen LogP contribution in [0.1, 0.15) is 25.7 Å². The minimum atomic E-state index is 0.0888. The third-order valence-corrected chi connectivity index (χ3v) is 2.36. The average Bonchev–Trinajstić information content (AvgIpc) is 2.06. The third kappa shape index (κ3) is 1.16. The van der Waals surface area contributed by atoms with Gasteiger partial charge in [0.2, 0.25) is 0 Å². The second-order valence-corrected chi connectivity index (χ2v) is 3.10. The molecule has 11 heavy (non-hydrogen) atoms. The zero-order valence-electron chi connectivity index (χ0n) is 6.44. The quantitative estimate of drug-likeness (QED) is 0.530. The highest BCUT2D eigenvalue weighted by Gasteiger charge is 2.21. The molecule has 0 unspecified atom stereocenters. The summed E-state index contributed by atoms with van der Waals surface area (Å²) in [5.41, 5.74) is 7.87. The fourth-order valence-electron chi connectivity index (χ4n) is 1.74. The molecule has 0 fully saturated rings. The van der Waals surface area contributed by atoms with Gasteiger partial charge >= 0.3 is 0 Å². The van der Waals surface area contributed by atoms with Crippen LogP contribution < -0.4 is 10.9 Å². The smallest absolute Gasteiger partial charge is 0.261 e. The Morgan fingerprint density at radius 1 is 1.18 bits per heavy atom. The van der Waals surface area contributed by atoms with Crippen molar-refractivity contribution in [2.75, 3.05) is 6.54 Å². The first kappa shape index (κ1) is 6.85. The van der Waals surface area contributed by atoms with E-state index in [2.05, 4.69) is 10.9 Å². The molecule has 60 valence electrons. The van der Waals surface area contributed by atoms with E-state index in [0.29, 0.717) is 0 Å². The molecular formula is C8H12N2O. The van der Waals surface area contributed by atoms with E-state index in [1.54, 1.807) is 0 Å². The highest BCUT2D eigenvalue weighted by atomic mass is 16.2. The van der Waals surface area contributed by atoms with E-state index >= 15 is 0 Å². The first-order valence-electron chi connectivity index (χ1n) is 4.12. The van der Waals surface area contributed by atoms with Crippen molar-refractivity contribution >= 4 is 5.91 Å². The highest BCUT2D eigenvalue weighted by molar-refractivity contribution is 5.94. The van der Waals surface area contributed by atoms with Gasteiger partial charge < -0.3 is 0 Å². The average molecular weight is 152 g/mol. The van der Waals surface area contributed by atoms with E-state index in [9.17, 15) is 4.79 Å². The lowest BCUT2D eigenvalue weighted by Gasteiger charge is -2.24. The van der Waals surface area contributed by atoms with Crippen LogP contribution in [0.2, 0.25) is 0 Å². The van der Waals surface area contributed by atoms with Crippen molar-refractivity contribution in [3.63, 3.8) is 0 Å². The van der Waals surface area contributed by atoms with E-state index in [0.717, 1.165) is 25.0 Å². The predicted molar refractivity (Wildman–Crippen MR) is 41.6 cm³/mol. The number of rotatable bonds is 0. The molecule has 1 aliphatic carbocycles. The molecule has 2 rings (SSSR count). The summed E-state index contributed by atoms with van der Waals surface area (Å²) in [4.78, 5) is 11.2. The van der Waals surface area contributed by atoms with Gasteiger partial charge in [0, 0.05) is 12.1 Å². The molecule has 0 saturated carbocycles. The lowest BCUT2D eigenvalue weighted by Crippen LogP contribution is -2.44. The Morgan fingerprint density at radius 3 is 2.82 bits per heavy atom. The number of amides is 1. The number of hydrogen-bond donors (Lipinski definition) is 2. The van der Waals surface area contributed by atoms with Crippen molar-refractivity contribution in [3.05, 3.63) is 11.1 Å². The van der Waals surface area contributed by atoms with Gasteiger partial charge in [0.15, 0.2) is 0 Å². The van der Waals surface area contributed by atoms with E-state index < -0.39 is 0 Å². The monoisotopic (exact) mass is 152 g/mol. The van der Waals surface area contributed by atoms with Crippen LogP contribution in [0.3, 0.4) is 0 Å². The fourth-order valence-corrected chi connectivity index (χ4v) is 1.74. The highest BCUT2D eigenvalue weighted by Crippen LogP contribution is 2.25. The van der Waals surface area contributed by atoms with Crippen LogP contribution in [0.15, 0.2) is 11.1 Å². The molecule has 0 aromatic heterocycles. The molecule has 3 heteroatoms. The number of carbonyl (C=O) groups excluding carboxylic acids is 1. The topological polar surface area (TPSA) is 41.1 Å². The molecule has 0 aromatic rings. The Hall–Kier alpha value is -0.830. The lowest BCUT2D eigenvalue weighted by atomic mass is 9.90. The van der Waals surface area contributed by atoms with Crippen molar-refractivity contribution in [1.82, 2.24) is 10.9 Å². The summed E-state index contributed by atoms with van der Waals surface area (Å²) in [6.07, 6.45) is 4.50. The summed E-state index contributed by atoms with van der Waals surface area (Å²) in [5, 5.41) is 0. The normalized spacial score (nSPS) is 24.5. The molecule has 0 spiro atoms. The summed E-state index contributed by atoms with van der Waals surface area (Å²) < 4.78 is 0. The van der Waals surface area contributed by atoms with Gasteiger partial charge in [-0.25, -0.2) is 5.43 Å². The first-order chi connectivity index (χ1) is 5.38. The van der Waals surface area contributed by atoms with Gasteiger partial charge in [-0.05, 0) is 31.3 Å². The molecule has 3 nitrogen and oxygen atoms in total. The van der Waals surface area contributed by atoms with Gasteiger partial charge in [0.05, 0.1) is 0 Å². The summed E-state index contributed by atoms with van der Waals surface area (Å²) in [6, 6.07) is 0. The van der Waals surface area contributed by atoms with E-state index in [1.807, 2.05) is 0 Å². The number of hydrazine groups is 1. The summed E-state index contributed by atoms with van der Waals surface area (Å²) >= 11 is 0. The maximum Gasteiger partial charge on any atom is 0.261 e. The second kappa shape index (κ2) is 2.66. The Kier molecular flexibility index (Phi) is 1.66. The fraction of sp³-hybridized carbons (Fsp3) is 0.625. The molecule has 0 radical (unpaired) electrons. The molecule has 1 heterocycles. The molecule has 0 bridgehead atoms. The molecule has 0 aromatic carbocycles. The maximum absolute atomic E-state index is 11.2. The van der Waals surface area contributed by atoms with Crippen molar-refractivity contribution in [2.24, 2.45) is 0 Å². The van der Waals surface area contributed by atoms with Gasteiger partial charge in [-0.2, -0.15) is 0 Å². The Bertz CT molecular complexity index is 216. The molecule has 1 amide bonds. The molecule has 2 aliphatic rings. The van der Waals surface area contributed by atoms with Gasteiger partial charge in [-0.1, -0.05) is 0 Å². The third-order valence-electron chi connectivity index (χ3n) is 2.36. The first-order valence-corrected chi connectivity index (χ1v) is 4.12. The van der Waals surface area contributed by atoms with Crippen molar-refractivity contribution in [3.8, 4) is 0 Å². The van der Waals surface area contributed by atoms with Crippen molar-refractivity contribution in [2.45, 2.75) is 25.7 Å². The number of hydrogen-bond acceptors (Lipinski definition) is 2. The van der Waals surface area contributed by atoms with Gasteiger partial charge in [-0.15, -0.1) is 0 Å². The zero-order valence-corrected chi connectivity index (χ0v) is 6.44.